The third kappa shape index (κ3) is 2.94. The van der Waals surface area contributed by atoms with Gasteiger partial charge in [-0.15, -0.1) is 0 Å². The van der Waals surface area contributed by atoms with Gasteiger partial charge in [0, 0.05) is 17.0 Å². The molecule has 6 heteroatoms. The molecular weight excluding hydrogens is 324 g/mol. The van der Waals surface area contributed by atoms with Crippen molar-refractivity contribution in [2.75, 3.05) is 13.2 Å². The van der Waals surface area contributed by atoms with Crippen LogP contribution in [0.15, 0.2) is 63.7 Å². The van der Waals surface area contributed by atoms with E-state index in [0.29, 0.717) is 24.4 Å². The van der Waals surface area contributed by atoms with Crippen molar-refractivity contribution in [2.24, 2.45) is 0 Å². The zero-order chi connectivity index (χ0) is 17.2. The van der Waals surface area contributed by atoms with E-state index in [9.17, 15) is 9.59 Å². The lowest BCUT2D eigenvalue weighted by atomic mass is 10.0. The van der Waals surface area contributed by atoms with Crippen molar-refractivity contribution < 1.29 is 23.4 Å². The largest absolute Gasteiger partial charge is 0.493 e. The molecule has 0 saturated heterocycles. The molecule has 2 aromatic carbocycles. The summed E-state index contributed by atoms with van der Waals surface area (Å²) in [6, 6.07) is 12.7. The highest BCUT2D eigenvalue weighted by molar-refractivity contribution is 6.07. The summed E-state index contributed by atoms with van der Waals surface area (Å²) in [7, 11) is 0. The van der Waals surface area contributed by atoms with Gasteiger partial charge in [0.1, 0.15) is 31.7 Å². The lowest BCUT2D eigenvalue weighted by Crippen LogP contribution is -2.17. The molecule has 0 radical (unpaired) electrons. The number of esters is 1. The first-order chi connectivity index (χ1) is 12.2. The van der Waals surface area contributed by atoms with Gasteiger partial charge in [-0.2, -0.15) is 0 Å². The minimum atomic E-state index is -0.638. The minimum Gasteiger partial charge on any atom is -0.493 e. The van der Waals surface area contributed by atoms with E-state index in [0.717, 1.165) is 16.2 Å². The fourth-order valence-corrected chi connectivity index (χ4v) is 2.82. The minimum absolute atomic E-state index is 0.0170. The highest BCUT2D eigenvalue weighted by Crippen LogP contribution is 2.27. The first-order valence-corrected chi connectivity index (χ1v) is 7.78. The number of hydrogen-bond donors (Lipinski definition) is 0. The number of benzene rings is 2. The number of carbonyl (C=O) groups is 1. The Kier molecular flexibility index (Phi) is 3.85. The maximum atomic E-state index is 12.1. The molecule has 4 rings (SSSR count). The Hall–Kier alpha value is -3.28. The molecule has 3 aromatic rings. The third-order valence-corrected chi connectivity index (χ3v) is 3.92. The molecule has 25 heavy (non-hydrogen) atoms. The van der Waals surface area contributed by atoms with Gasteiger partial charge in [0.15, 0.2) is 0 Å². The van der Waals surface area contributed by atoms with Crippen LogP contribution in [0.5, 0.6) is 0 Å². The van der Waals surface area contributed by atoms with Crippen molar-refractivity contribution in [3.63, 3.8) is 0 Å². The zero-order valence-corrected chi connectivity index (χ0v) is 13.2. The highest BCUT2D eigenvalue weighted by Gasteiger charge is 2.18. The van der Waals surface area contributed by atoms with Gasteiger partial charge in [0.25, 0.3) is 0 Å². The fraction of sp³-hybridized carbons (Fsp3) is 0.158. The van der Waals surface area contributed by atoms with E-state index in [2.05, 4.69) is 0 Å². The summed E-state index contributed by atoms with van der Waals surface area (Å²) in [4.78, 5) is 23.9. The average Bonchev–Trinajstić information content (AvgIpc) is 2.66. The molecule has 0 unspecified atom stereocenters. The van der Waals surface area contributed by atoms with Crippen molar-refractivity contribution in [3.05, 3.63) is 70.5 Å². The summed E-state index contributed by atoms with van der Waals surface area (Å²) in [6.07, 6.45) is 1.23. The van der Waals surface area contributed by atoms with Gasteiger partial charge in [-0.25, -0.2) is 9.59 Å². The van der Waals surface area contributed by atoms with E-state index in [1.807, 2.05) is 30.3 Å². The molecule has 0 aliphatic carbocycles. The summed E-state index contributed by atoms with van der Waals surface area (Å²) in [5.74, 6) is -0.621. The predicted molar refractivity (Wildman–Crippen MR) is 89.8 cm³/mol. The van der Waals surface area contributed by atoms with Gasteiger partial charge in [0.05, 0.1) is 0 Å². The topological polar surface area (TPSA) is 75.0 Å². The summed E-state index contributed by atoms with van der Waals surface area (Å²) < 4.78 is 20.8. The van der Waals surface area contributed by atoms with Crippen LogP contribution in [-0.2, 0) is 25.6 Å². The van der Waals surface area contributed by atoms with Crippen molar-refractivity contribution in [2.45, 2.75) is 6.61 Å². The summed E-state index contributed by atoms with van der Waals surface area (Å²) in [5, 5.41) is 2.68. The first kappa shape index (κ1) is 15.3. The maximum Gasteiger partial charge on any atom is 0.377 e. The number of hydrogen-bond acceptors (Lipinski definition) is 6. The van der Waals surface area contributed by atoms with Gasteiger partial charge >= 0.3 is 11.6 Å². The Morgan fingerprint density at radius 1 is 1.12 bits per heavy atom. The highest BCUT2D eigenvalue weighted by atomic mass is 16.6. The van der Waals surface area contributed by atoms with Crippen molar-refractivity contribution in [1.82, 2.24) is 0 Å². The van der Waals surface area contributed by atoms with Crippen LogP contribution in [0.3, 0.4) is 0 Å². The SMILES string of the molecule is O=C(OCc1cc(=O)oc2ccc3ccccc3c12)C1=COCCO1. The second-order valence-electron chi connectivity index (χ2n) is 5.53. The normalized spacial score (nSPS) is 13.8. The van der Waals surface area contributed by atoms with Crippen molar-refractivity contribution >= 4 is 27.7 Å². The van der Waals surface area contributed by atoms with Crippen LogP contribution in [0.1, 0.15) is 5.56 Å². The van der Waals surface area contributed by atoms with Crippen LogP contribution in [-0.4, -0.2) is 19.2 Å². The van der Waals surface area contributed by atoms with Crippen molar-refractivity contribution in [3.8, 4) is 0 Å². The van der Waals surface area contributed by atoms with E-state index >= 15 is 0 Å². The Labute approximate surface area is 142 Å². The molecule has 126 valence electrons. The van der Waals surface area contributed by atoms with Crippen LogP contribution in [0.25, 0.3) is 21.7 Å². The molecule has 2 heterocycles. The Balaban J connectivity index is 1.73. The van der Waals surface area contributed by atoms with Gasteiger partial charge in [-0.05, 0) is 16.8 Å². The molecule has 0 saturated carbocycles. The Bertz CT molecular complexity index is 1050. The van der Waals surface area contributed by atoms with Gasteiger partial charge in [-0.1, -0.05) is 30.3 Å². The number of ether oxygens (including phenoxy) is 3. The predicted octanol–water partition coefficient (Wildman–Crippen LogP) is 2.88. The molecule has 1 aliphatic rings. The molecule has 1 aliphatic heterocycles. The quantitative estimate of drug-likeness (QED) is 0.415. The second-order valence-corrected chi connectivity index (χ2v) is 5.53. The van der Waals surface area contributed by atoms with E-state index in [-0.39, 0.29) is 12.4 Å². The molecule has 1 aromatic heterocycles. The van der Waals surface area contributed by atoms with E-state index in [1.165, 1.54) is 12.3 Å². The van der Waals surface area contributed by atoms with E-state index < -0.39 is 11.6 Å². The van der Waals surface area contributed by atoms with Gasteiger partial charge in [0.2, 0.25) is 5.76 Å². The van der Waals surface area contributed by atoms with E-state index in [1.54, 1.807) is 6.07 Å². The van der Waals surface area contributed by atoms with Crippen LogP contribution in [0.4, 0.5) is 0 Å². The Morgan fingerprint density at radius 3 is 2.84 bits per heavy atom. The standard InChI is InChI=1S/C19H14O6/c20-17-9-13(10-24-19(21)16-11-22-7-8-23-16)18-14-4-2-1-3-12(14)5-6-15(18)25-17/h1-6,9,11H,7-8,10H2. The molecule has 0 spiro atoms. The summed E-state index contributed by atoms with van der Waals surface area (Å²) >= 11 is 0. The monoisotopic (exact) mass is 338 g/mol. The molecule has 0 bridgehead atoms. The summed E-state index contributed by atoms with van der Waals surface area (Å²) in [5.41, 5.74) is 0.535. The average molecular weight is 338 g/mol. The third-order valence-electron chi connectivity index (χ3n) is 3.92. The fourth-order valence-electron chi connectivity index (χ4n) is 2.82. The summed E-state index contributed by atoms with van der Waals surface area (Å²) in [6.45, 7) is 0.617. The van der Waals surface area contributed by atoms with Crippen molar-refractivity contribution in [1.29, 1.82) is 0 Å². The molecule has 6 nitrogen and oxygen atoms in total. The first-order valence-electron chi connectivity index (χ1n) is 7.78. The van der Waals surface area contributed by atoms with Gasteiger partial charge < -0.3 is 18.6 Å². The maximum absolute atomic E-state index is 12.1. The van der Waals surface area contributed by atoms with Crippen LogP contribution < -0.4 is 5.63 Å². The second kappa shape index (κ2) is 6.32. The lowest BCUT2D eigenvalue weighted by Gasteiger charge is -2.15. The molecule has 0 atom stereocenters. The van der Waals surface area contributed by atoms with Crippen LogP contribution >= 0.6 is 0 Å². The zero-order valence-electron chi connectivity index (χ0n) is 13.2. The van der Waals surface area contributed by atoms with Crippen LogP contribution in [0, 0.1) is 0 Å². The van der Waals surface area contributed by atoms with E-state index in [4.69, 9.17) is 18.6 Å². The molecule has 0 fully saturated rings. The molecule has 0 amide bonds. The smallest absolute Gasteiger partial charge is 0.377 e. The molecular formula is C19H14O6. The number of fused-ring (bicyclic) bond motifs is 3. The number of carbonyl (C=O) groups excluding carboxylic acids is 1. The lowest BCUT2D eigenvalue weighted by molar-refractivity contribution is -0.145. The Morgan fingerprint density at radius 2 is 2.00 bits per heavy atom. The van der Waals surface area contributed by atoms with Gasteiger partial charge in [-0.3, -0.25) is 0 Å². The van der Waals surface area contributed by atoms with Crippen LogP contribution in [0.2, 0.25) is 0 Å². The molecule has 0 N–H and O–H groups in total. The number of rotatable bonds is 3.